The zero-order chi connectivity index (χ0) is 10.5. The Kier molecular flexibility index (Phi) is 17.4. The van der Waals surface area contributed by atoms with Crippen molar-refractivity contribution in [2.45, 2.75) is 26.2 Å². The van der Waals surface area contributed by atoms with Crippen LogP contribution in [0.5, 0.6) is 0 Å². The molecule has 0 heterocycles. The standard InChI is InChI=1S/C14H17Si.3ClH.Ti/c1-2-6-12-9-10-14(11-12)15-13-7-4-3-5-8-13;;;;/h3-5,7-8,10H,2,6,9,15H2,1H3;3*1H;/q-1;;;;+4/p-3. The molecule has 0 atom stereocenters. The summed E-state index contributed by atoms with van der Waals surface area (Å²) >= 11 is 0. The maximum atomic E-state index is 3.58. The van der Waals surface area contributed by atoms with Gasteiger partial charge in [-0.05, 0) is 0 Å². The summed E-state index contributed by atoms with van der Waals surface area (Å²) in [5.74, 6) is 0. The number of hydrogen-bond donors (Lipinski definition) is 0. The summed E-state index contributed by atoms with van der Waals surface area (Å²) in [5.41, 5.74) is 1.51. The number of allylic oxidation sites excluding steroid dienone is 4. The van der Waals surface area contributed by atoms with E-state index in [0.717, 1.165) is 6.42 Å². The van der Waals surface area contributed by atoms with E-state index < -0.39 is 0 Å². The van der Waals surface area contributed by atoms with E-state index in [0.29, 0.717) is 0 Å². The average molecular weight is 368 g/mol. The second-order valence-electron chi connectivity index (χ2n) is 4.07. The molecule has 0 saturated heterocycles. The van der Waals surface area contributed by atoms with Gasteiger partial charge in [0, 0.05) is 9.52 Å². The molecular weight excluding hydrogens is 350 g/mol. The summed E-state index contributed by atoms with van der Waals surface area (Å²) in [5, 5.41) is 3.03. The predicted molar refractivity (Wildman–Crippen MR) is 69.0 cm³/mol. The van der Waals surface area contributed by atoms with E-state index in [-0.39, 0.29) is 68.5 Å². The van der Waals surface area contributed by atoms with E-state index in [1.807, 2.05) is 0 Å². The molecule has 102 valence electrons. The maximum Gasteiger partial charge on any atom is 4.00 e. The Morgan fingerprint density at radius 3 is 2.32 bits per heavy atom. The Balaban J connectivity index is -0.000000640. The van der Waals surface area contributed by atoms with Crippen molar-refractivity contribution in [3.63, 3.8) is 0 Å². The molecule has 0 N–H and O–H groups in total. The molecule has 0 aromatic heterocycles. The summed E-state index contributed by atoms with van der Waals surface area (Å²) < 4.78 is 0. The molecule has 0 spiro atoms. The van der Waals surface area contributed by atoms with Crippen molar-refractivity contribution in [2.24, 2.45) is 0 Å². The van der Waals surface area contributed by atoms with Gasteiger partial charge in [0.1, 0.15) is 0 Å². The van der Waals surface area contributed by atoms with Crippen molar-refractivity contribution in [3.8, 4) is 0 Å². The summed E-state index contributed by atoms with van der Waals surface area (Å²) in [7, 11) is -0.255. The quantitative estimate of drug-likeness (QED) is 0.367. The Morgan fingerprint density at radius 1 is 1.11 bits per heavy atom. The second-order valence-corrected chi connectivity index (χ2v) is 6.01. The molecule has 19 heavy (non-hydrogen) atoms. The Labute approximate surface area is 152 Å². The molecule has 5 heteroatoms. The molecule has 1 aliphatic carbocycles. The Morgan fingerprint density at radius 2 is 1.74 bits per heavy atom. The first-order valence-electron chi connectivity index (χ1n) is 5.73. The summed E-state index contributed by atoms with van der Waals surface area (Å²) in [6.07, 6.45) is 9.59. The smallest absolute Gasteiger partial charge is 1.00 e. The molecule has 1 aromatic rings. The minimum atomic E-state index is -0.255. The molecule has 0 saturated carbocycles. The van der Waals surface area contributed by atoms with Gasteiger partial charge in [0.05, 0.1) is 0 Å². The normalized spacial score (nSPS) is 12.5. The average Bonchev–Trinajstić information content (AvgIpc) is 2.68. The van der Waals surface area contributed by atoms with Gasteiger partial charge in [0.25, 0.3) is 0 Å². The zero-order valence-corrected chi connectivity index (χ0v) is 16.2. The fraction of sp³-hybridized carbons (Fsp3) is 0.286. The van der Waals surface area contributed by atoms with Crippen LogP contribution in [0.25, 0.3) is 0 Å². The summed E-state index contributed by atoms with van der Waals surface area (Å²) in [6.45, 7) is 2.24. The topological polar surface area (TPSA) is 0 Å². The van der Waals surface area contributed by atoms with Crippen LogP contribution in [-0.2, 0) is 21.7 Å². The van der Waals surface area contributed by atoms with Gasteiger partial charge in [-0.2, -0.15) is 5.57 Å². The van der Waals surface area contributed by atoms with Crippen molar-refractivity contribution in [1.29, 1.82) is 0 Å². The van der Waals surface area contributed by atoms with Gasteiger partial charge < -0.3 is 37.2 Å². The van der Waals surface area contributed by atoms with Crippen LogP contribution in [0.4, 0.5) is 0 Å². The van der Waals surface area contributed by atoms with Crippen molar-refractivity contribution in [3.05, 3.63) is 53.3 Å². The van der Waals surface area contributed by atoms with Gasteiger partial charge in [-0.15, -0.1) is 0 Å². The van der Waals surface area contributed by atoms with E-state index in [2.05, 4.69) is 49.4 Å². The van der Waals surface area contributed by atoms with Crippen LogP contribution in [0.1, 0.15) is 26.2 Å². The molecule has 0 nitrogen and oxygen atoms in total. The first-order valence-corrected chi connectivity index (χ1v) is 7.14. The fourth-order valence-electron chi connectivity index (χ4n) is 1.97. The Bertz CT molecular complexity index is 391. The summed E-state index contributed by atoms with van der Waals surface area (Å²) in [4.78, 5) is 0. The van der Waals surface area contributed by atoms with Crippen LogP contribution in [-0.4, -0.2) is 9.52 Å². The van der Waals surface area contributed by atoms with Crippen molar-refractivity contribution < 1.29 is 58.9 Å². The first kappa shape index (κ1) is 24.5. The maximum absolute atomic E-state index is 3.58. The predicted octanol–water partition coefficient (Wildman–Crippen LogP) is -6.69. The van der Waals surface area contributed by atoms with Gasteiger partial charge >= 0.3 is 21.7 Å². The van der Waals surface area contributed by atoms with E-state index in [4.69, 9.17) is 0 Å². The molecule has 0 bridgehead atoms. The minimum absolute atomic E-state index is 0. The van der Waals surface area contributed by atoms with Crippen LogP contribution in [0.15, 0.2) is 47.2 Å². The number of benzene rings is 1. The molecular formula is C14H17Cl3SiTi. The monoisotopic (exact) mass is 366 g/mol. The fourth-order valence-corrected chi connectivity index (χ4v) is 3.55. The van der Waals surface area contributed by atoms with Crippen LogP contribution in [0.2, 0.25) is 0 Å². The molecule has 0 amide bonds. The van der Waals surface area contributed by atoms with Crippen LogP contribution in [0.3, 0.4) is 0 Å². The zero-order valence-electron chi connectivity index (χ0n) is 10.9. The molecule has 1 aliphatic rings. The number of halogens is 3. The largest absolute Gasteiger partial charge is 4.00 e. The van der Waals surface area contributed by atoms with Crippen molar-refractivity contribution in [2.75, 3.05) is 0 Å². The van der Waals surface area contributed by atoms with E-state index >= 15 is 0 Å². The molecule has 0 fully saturated rings. The summed E-state index contributed by atoms with van der Waals surface area (Å²) in [6, 6.07) is 10.8. The SMILES string of the molecule is CCCC1=[C-]C([SiH2]c2ccccc2)=CC1.[Cl-].[Cl-].[Cl-].[Ti+4]. The van der Waals surface area contributed by atoms with Crippen LogP contribution < -0.4 is 42.4 Å². The van der Waals surface area contributed by atoms with Gasteiger partial charge in [-0.1, -0.05) is 61.7 Å². The Hall–Kier alpha value is 0.501. The van der Waals surface area contributed by atoms with E-state index in [1.54, 1.807) is 0 Å². The van der Waals surface area contributed by atoms with Gasteiger partial charge in [0.15, 0.2) is 0 Å². The third kappa shape index (κ3) is 8.39. The van der Waals surface area contributed by atoms with E-state index in [1.165, 1.54) is 28.8 Å². The number of hydrogen-bond acceptors (Lipinski definition) is 0. The molecule has 0 aliphatic heterocycles. The minimum Gasteiger partial charge on any atom is -1.00 e. The first-order chi connectivity index (χ1) is 7.38. The van der Waals surface area contributed by atoms with Crippen LogP contribution >= 0.6 is 0 Å². The van der Waals surface area contributed by atoms with Crippen molar-refractivity contribution in [1.82, 2.24) is 0 Å². The van der Waals surface area contributed by atoms with Crippen molar-refractivity contribution >= 4 is 14.7 Å². The van der Waals surface area contributed by atoms with Crippen LogP contribution in [0, 0.1) is 6.08 Å². The third-order valence-corrected chi connectivity index (χ3v) is 4.45. The second kappa shape index (κ2) is 13.5. The number of rotatable bonds is 4. The van der Waals surface area contributed by atoms with Gasteiger partial charge in [0.2, 0.25) is 0 Å². The third-order valence-electron chi connectivity index (χ3n) is 2.72. The van der Waals surface area contributed by atoms with Gasteiger partial charge in [-0.3, -0.25) is 6.08 Å². The molecule has 1 aromatic carbocycles. The molecule has 2 rings (SSSR count). The van der Waals surface area contributed by atoms with Gasteiger partial charge in [-0.25, -0.2) is 11.3 Å². The van der Waals surface area contributed by atoms with E-state index in [9.17, 15) is 0 Å². The molecule has 0 unspecified atom stereocenters. The molecule has 0 radical (unpaired) electrons.